The first kappa shape index (κ1) is 16.4. The van der Waals surface area contributed by atoms with Crippen molar-refractivity contribution in [2.24, 2.45) is 5.73 Å². The first-order valence-electron chi connectivity index (χ1n) is 7.84. The van der Waals surface area contributed by atoms with Crippen molar-refractivity contribution in [3.63, 3.8) is 0 Å². The van der Waals surface area contributed by atoms with Crippen LogP contribution in [0.4, 0.5) is 0 Å². The van der Waals surface area contributed by atoms with E-state index >= 15 is 0 Å². The molecule has 3 nitrogen and oxygen atoms in total. The molecule has 2 N–H and O–H groups in total. The fourth-order valence-corrected chi connectivity index (χ4v) is 2.36. The summed E-state index contributed by atoms with van der Waals surface area (Å²) in [6, 6.07) is 16.2. The monoisotopic (exact) mass is 299 g/mol. The predicted octanol–water partition coefficient (Wildman–Crippen LogP) is 3.77. The number of rotatable bonds is 8. The van der Waals surface area contributed by atoms with Gasteiger partial charge in [0.1, 0.15) is 24.7 Å². The molecule has 0 aromatic heterocycles. The van der Waals surface area contributed by atoms with Gasteiger partial charge in [-0.05, 0) is 48.2 Å². The number of hydrogen-bond acceptors (Lipinski definition) is 3. The van der Waals surface area contributed by atoms with Gasteiger partial charge in [-0.25, -0.2) is 0 Å². The fourth-order valence-electron chi connectivity index (χ4n) is 2.36. The third kappa shape index (κ3) is 4.78. The molecule has 0 aliphatic heterocycles. The van der Waals surface area contributed by atoms with E-state index in [4.69, 9.17) is 15.2 Å². The van der Waals surface area contributed by atoms with Crippen LogP contribution in [0.1, 0.15) is 30.9 Å². The molecule has 0 saturated heterocycles. The molecule has 0 spiro atoms. The molecule has 2 aromatic rings. The maximum atomic E-state index is 5.85. The van der Waals surface area contributed by atoms with E-state index in [0.717, 1.165) is 17.9 Å². The normalized spacial score (nSPS) is 10.7. The standard InChI is InChI=1S/C19H25NO2/c1-15(2)18-8-3-4-9-19(18)22-13-12-21-17-7-5-6-16(14-17)10-11-20/h3-9,14-15H,10-13,20H2,1-2H3. The van der Waals surface area contributed by atoms with E-state index < -0.39 is 0 Å². The minimum Gasteiger partial charge on any atom is -0.490 e. The summed E-state index contributed by atoms with van der Waals surface area (Å²) in [5.74, 6) is 2.26. The van der Waals surface area contributed by atoms with E-state index in [0.29, 0.717) is 25.7 Å². The van der Waals surface area contributed by atoms with Gasteiger partial charge in [-0.1, -0.05) is 44.2 Å². The second kappa shape index (κ2) is 8.44. The first-order valence-corrected chi connectivity index (χ1v) is 7.84. The quantitative estimate of drug-likeness (QED) is 0.755. The Morgan fingerprint density at radius 1 is 0.955 bits per heavy atom. The molecule has 118 valence electrons. The molecular formula is C19H25NO2. The van der Waals surface area contributed by atoms with Crippen LogP contribution in [-0.4, -0.2) is 19.8 Å². The van der Waals surface area contributed by atoms with Crippen molar-refractivity contribution in [3.8, 4) is 11.5 Å². The number of ether oxygens (including phenoxy) is 2. The third-order valence-corrected chi connectivity index (χ3v) is 3.48. The lowest BCUT2D eigenvalue weighted by Gasteiger charge is -2.14. The van der Waals surface area contributed by atoms with Crippen LogP contribution in [0.2, 0.25) is 0 Å². The topological polar surface area (TPSA) is 44.5 Å². The zero-order valence-electron chi connectivity index (χ0n) is 13.4. The molecule has 2 rings (SSSR count). The van der Waals surface area contributed by atoms with Gasteiger partial charge in [0.05, 0.1) is 0 Å². The van der Waals surface area contributed by atoms with E-state index in [9.17, 15) is 0 Å². The van der Waals surface area contributed by atoms with Gasteiger partial charge in [0.15, 0.2) is 0 Å². The van der Waals surface area contributed by atoms with Gasteiger partial charge < -0.3 is 15.2 Å². The molecule has 0 heterocycles. The molecule has 0 saturated carbocycles. The molecule has 2 aromatic carbocycles. The SMILES string of the molecule is CC(C)c1ccccc1OCCOc1cccc(CCN)c1. The average molecular weight is 299 g/mol. The Balaban J connectivity index is 1.83. The van der Waals surface area contributed by atoms with Crippen LogP contribution in [0.3, 0.4) is 0 Å². The van der Waals surface area contributed by atoms with Gasteiger partial charge in [-0.15, -0.1) is 0 Å². The second-order valence-corrected chi connectivity index (χ2v) is 5.58. The molecule has 0 fully saturated rings. The molecular weight excluding hydrogens is 274 g/mol. The summed E-state index contributed by atoms with van der Waals surface area (Å²) in [5.41, 5.74) is 8.00. The summed E-state index contributed by atoms with van der Waals surface area (Å²) < 4.78 is 11.6. The van der Waals surface area contributed by atoms with Crippen LogP contribution in [0.5, 0.6) is 11.5 Å². The van der Waals surface area contributed by atoms with Gasteiger partial charge in [-0.2, -0.15) is 0 Å². The Morgan fingerprint density at radius 2 is 1.73 bits per heavy atom. The van der Waals surface area contributed by atoms with Crippen LogP contribution >= 0.6 is 0 Å². The molecule has 22 heavy (non-hydrogen) atoms. The first-order chi connectivity index (χ1) is 10.7. The second-order valence-electron chi connectivity index (χ2n) is 5.58. The predicted molar refractivity (Wildman–Crippen MR) is 90.7 cm³/mol. The molecule has 0 unspecified atom stereocenters. The van der Waals surface area contributed by atoms with Crippen molar-refractivity contribution in [1.82, 2.24) is 0 Å². The van der Waals surface area contributed by atoms with Crippen molar-refractivity contribution < 1.29 is 9.47 Å². The number of hydrogen-bond donors (Lipinski definition) is 1. The molecule has 0 aliphatic rings. The van der Waals surface area contributed by atoms with E-state index in [2.05, 4.69) is 26.0 Å². The lowest BCUT2D eigenvalue weighted by atomic mass is 10.0. The summed E-state index contributed by atoms with van der Waals surface area (Å²) in [6.45, 7) is 6.05. The highest BCUT2D eigenvalue weighted by molar-refractivity contribution is 5.35. The molecule has 0 atom stereocenters. The van der Waals surface area contributed by atoms with Gasteiger partial charge in [0.25, 0.3) is 0 Å². The number of nitrogens with two attached hydrogens (primary N) is 1. The molecule has 0 bridgehead atoms. The zero-order valence-corrected chi connectivity index (χ0v) is 13.4. The van der Waals surface area contributed by atoms with E-state index in [1.54, 1.807) is 0 Å². The smallest absolute Gasteiger partial charge is 0.122 e. The molecule has 0 aliphatic carbocycles. The van der Waals surface area contributed by atoms with Crippen molar-refractivity contribution in [1.29, 1.82) is 0 Å². The minimum atomic E-state index is 0.449. The van der Waals surface area contributed by atoms with E-state index in [1.165, 1.54) is 11.1 Å². The summed E-state index contributed by atoms with van der Waals surface area (Å²) in [6.07, 6.45) is 0.870. The van der Waals surface area contributed by atoms with Gasteiger partial charge in [0, 0.05) is 0 Å². The lowest BCUT2D eigenvalue weighted by Crippen LogP contribution is -2.10. The Labute approximate surface area is 133 Å². The van der Waals surface area contributed by atoms with Crippen LogP contribution in [0.25, 0.3) is 0 Å². The Morgan fingerprint density at radius 3 is 2.50 bits per heavy atom. The Bertz CT molecular complexity index is 581. The highest BCUT2D eigenvalue weighted by Gasteiger charge is 2.06. The maximum absolute atomic E-state index is 5.85. The van der Waals surface area contributed by atoms with E-state index in [-0.39, 0.29) is 0 Å². The largest absolute Gasteiger partial charge is 0.490 e. The summed E-state index contributed by atoms with van der Waals surface area (Å²) in [4.78, 5) is 0. The Kier molecular flexibility index (Phi) is 6.28. The van der Waals surface area contributed by atoms with Crippen LogP contribution in [-0.2, 0) is 6.42 Å². The summed E-state index contributed by atoms with van der Waals surface area (Å²) in [7, 11) is 0. The fraction of sp³-hybridized carbons (Fsp3) is 0.368. The summed E-state index contributed by atoms with van der Waals surface area (Å²) >= 11 is 0. The average Bonchev–Trinajstić information content (AvgIpc) is 2.52. The minimum absolute atomic E-state index is 0.449. The third-order valence-electron chi connectivity index (χ3n) is 3.48. The summed E-state index contributed by atoms with van der Waals surface area (Å²) in [5, 5.41) is 0. The van der Waals surface area contributed by atoms with Crippen molar-refractivity contribution in [2.75, 3.05) is 19.8 Å². The Hall–Kier alpha value is -2.00. The molecule has 0 amide bonds. The maximum Gasteiger partial charge on any atom is 0.122 e. The van der Waals surface area contributed by atoms with Gasteiger partial charge in [0.2, 0.25) is 0 Å². The van der Waals surface area contributed by atoms with Crippen LogP contribution in [0, 0.1) is 0 Å². The van der Waals surface area contributed by atoms with Crippen LogP contribution < -0.4 is 15.2 Å². The molecule has 3 heteroatoms. The van der Waals surface area contributed by atoms with Crippen molar-refractivity contribution in [2.45, 2.75) is 26.2 Å². The van der Waals surface area contributed by atoms with Crippen LogP contribution in [0.15, 0.2) is 48.5 Å². The van der Waals surface area contributed by atoms with Gasteiger partial charge in [-0.3, -0.25) is 0 Å². The zero-order chi connectivity index (χ0) is 15.8. The van der Waals surface area contributed by atoms with Gasteiger partial charge >= 0.3 is 0 Å². The number of benzene rings is 2. The van der Waals surface area contributed by atoms with Crippen molar-refractivity contribution in [3.05, 3.63) is 59.7 Å². The number of para-hydroxylation sites is 1. The lowest BCUT2D eigenvalue weighted by molar-refractivity contribution is 0.215. The highest BCUT2D eigenvalue weighted by atomic mass is 16.5. The van der Waals surface area contributed by atoms with Crippen molar-refractivity contribution >= 4 is 0 Å². The molecule has 0 radical (unpaired) electrons. The highest BCUT2D eigenvalue weighted by Crippen LogP contribution is 2.25. The van der Waals surface area contributed by atoms with E-state index in [1.807, 2.05) is 36.4 Å².